The average molecular weight is 372 g/mol. The van der Waals surface area contributed by atoms with E-state index < -0.39 is 0 Å². The highest BCUT2D eigenvalue weighted by molar-refractivity contribution is 7.99. The molecule has 1 aromatic carbocycles. The van der Waals surface area contributed by atoms with Crippen molar-refractivity contribution < 1.29 is 9.50 Å². The molecular formula is C17H23ClFN3OS. The van der Waals surface area contributed by atoms with Crippen LogP contribution in [0, 0.1) is 19.7 Å². The summed E-state index contributed by atoms with van der Waals surface area (Å²) in [6, 6.07) is 5.22. The number of halogens is 2. The van der Waals surface area contributed by atoms with Gasteiger partial charge >= 0.3 is 0 Å². The van der Waals surface area contributed by atoms with Crippen LogP contribution in [0.25, 0.3) is 0 Å². The summed E-state index contributed by atoms with van der Waals surface area (Å²) in [5, 5.41) is 17.1. The van der Waals surface area contributed by atoms with Crippen LogP contribution in [0.1, 0.15) is 35.0 Å². The molecule has 0 saturated carbocycles. The van der Waals surface area contributed by atoms with E-state index in [1.165, 1.54) is 11.0 Å². The molecule has 1 aliphatic heterocycles. The van der Waals surface area contributed by atoms with E-state index in [-0.39, 0.29) is 30.9 Å². The second kappa shape index (κ2) is 8.34. The Hall–Kier alpha value is -1.08. The fraction of sp³-hybridized carbons (Fsp3) is 0.471. The summed E-state index contributed by atoms with van der Waals surface area (Å²) in [6.07, 6.45) is 0.990. The Morgan fingerprint density at radius 3 is 2.96 bits per heavy atom. The van der Waals surface area contributed by atoms with Crippen molar-refractivity contribution in [1.29, 1.82) is 0 Å². The van der Waals surface area contributed by atoms with Crippen molar-refractivity contribution in [2.45, 2.75) is 44.3 Å². The van der Waals surface area contributed by atoms with E-state index in [1.54, 1.807) is 17.8 Å². The topological polar surface area (TPSA) is 50.1 Å². The maximum atomic E-state index is 13.6. The Labute approximate surface area is 152 Å². The maximum absolute atomic E-state index is 13.6. The summed E-state index contributed by atoms with van der Waals surface area (Å²) in [5.74, 6) is 0.860. The SMILES string of the molecule is Cc1nn(CCO)c(C)c1CNC1CCSc2ccc(F)cc21.Cl. The summed E-state index contributed by atoms with van der Waals surface area (Å²) in [4.78, 5) is 1.17. The minimum atomic E-state index is -0.179. The van der Waals surface area contributed by atoms with Gasteiger partial charge in [-0.2, -0.15) is 5.10 Å². The van der Waals surface area contributed by atoms with Crippen LogP contribution >= 0.6 is 24.2 Å². The number of fused-ring (bicyclic) bond motifs is 1. The number of rotatable bonds is 5. The van der Waals surface area contributed by atoms with Crippen LogP contribution in [0.3, 0.4) is 0 Å². The van der Waals surface area contributed by atoms with Crippen molar-refractivity contribution >= 4 is 24.2 Å². The van der Waals surface area contributed by atoms with Crippen molar-refractivity contribution in [3.8, 4) is 0 Å². The highest BCUT2D eigenvalue weighted by atomic mass is 35.5. The van der Waals surface area contributed by atoms with Gasteiger partial charge in [-0.05, 0) is 49.8 Å². The van der Waals surface area contributed by atoms with Crippen LogP contribution in [-0.2, 0) is 13.1 Å². The minimum absolute atomic E-state index is 0. The first kappa shape index (κ1) is 19.2. The van der Waals surface area contributed by atoms with Crippen molar-refractivity contribution in [2.75, 3.05) is 12.4 Å². The Morgan fingerprint density at radius 1 is 1.42 bits per heavy atom. The molecule has 0 spiro atoms. The highest BCUT2D eigenvalue weighted by Gasteiger charge is 2.22. The molecule has 1 unspecified atom stereocenters. The third-order valence-corrected chi connectivity index (χ3v) is 5.50. The fourth-order valence-corrected chi connectivity index (χ4v) is 4.21. The smallest absolute Gasteiger partial charge is 0.123 e. The highest BCUT2D eigenvalue weighted by Crippen LogP contribution is 2.36. The van der Waals surface area contributed by atoms with Crippen LogP contribution in [0.2, 0.25) is 0 Å². The zero-order valence-corrected chi connectivity index (χ0v) is 15.5. The molecule has 2 aromatic rings. The second-order valence-corrected chi connectivity index (χ2v) is 6.99. The summed E-state index contributed by atoms with van der Waals surface area (Å²) < 4.78 is 15.4. The van der Waals surface area contributed by atoms with E-state index in [4.69, 9.17) is 5.11 Å². The quantitative estimate of drug-likeness (QED) is 0.846. The van der Waals surface area contributed by atoms with Gasteiger partial charge in [0.2, 0.25) is 0 Å². The molecule has 7 heteroatoms. The number of benzene rings is 1. The average Bonchev–Trinajstić information content (AvgIpc) is 2.80. The summed E-state index contributed by atoms with van der Waals surface area (Å²) in [6.45, 7) is 5.32. The van der Waals surface area contributed by atoms with Gasteiger partial charge in [0.1, 0.15) is 5.82 Å². The van der Waals surface area contributed by atoms with Crippen LogP contribution in [-0.4, -0.2) is 27.2 Å². The third-order valence-electron chi connectivity index (χ3n) is 4.38. The van der Waals surface area contributed by atoms with Gasteiger partial charge in [0.15, 0.2) is 0 Å². The molecule has 24 heavy (non-hydrogen) atoms. The van der Waals surface area contributed by atoms with Gasteiger partial charge in [-0.25, -0.2) is 4.39 Å². The number of thioether (sulfide) groups is 1. The first-order valence-electron chi connectivity index (χ1n) is 7.89. The molecule has 1 atom stereocenters. The summed E-state index contributed by atoms with van der Waals surface area (Å²) >= 11 is 1.79. The molecule has 132 valence electrons. The van der Waals surface area contributed by atoms with E-state index in [0.717, 1.165) is 34.7 Å². The summed E-state index contributed by atoms with van der Waals surface area (Å²) in [5.41, 5.74) is 4.27. The number of aromatic nitrogens is 2. The minimum Gasteiger partial charge on any atom is -0.394 e. The molecule has 3 rings (SSSR count). The zero-order valence-electron chi connectivity index (χ0n) is 13.9. The first-order valence-corrected chi connectivity index (χ1v) is 8.88. The van der Waals surface area contributed by atoms with Gasteiger partial charge in [0.25, 0.3) is 0 Å². The number of hydrogen-bond acceptors (Lipinski definition) is 4. The number of nitrogens with one attached hydrogen (secondary N) is 1. The van der Waals surface area contributed by atoms with E-state index in [1.807, 2.05) is 24.6 Å². The molecule has 2 N–H and O–H groups in total. The van der Waals surface area contributed by atoms with Gasteiger partial charge in [0.05, 0.1) is 18.8 Å². The Morgan fingerprint density at radius 2 is 2.21 bits per heavy atom. The summed E-state index contributed by atoms with van der Waals surface area (Å²) in [7, 11) is 0. The van der Waals surface area contributed by atoms with Crippen LogP contribution in [0.5, 0.6) is 0 Å². The number of nitrogens with zero attached hydrogens (tertiary/aromatic N) is 2. The molecule has 4 nitrogen and oxygen atoms in total. The number of hydrogen-bond donors (Lipinski definition) is 2. The normalized spacial score (nSPS) is 16.6. The largest absolute Gasteiger partial charge is 0.394 e. The monoisotopic (exact) mass is 371 g/mol. The van der Waals surface area contributed by atoms with Crippen LogP contribution < -0.4 is 5.32 Å². The zero-order chi connectivity index (χ0) is 16.4. The lowest BCUT2D eigenvalue weighted by Gasteiger charge is -2.26. The van der Waals surface area contributed by atoms with Crippen molar-refractivity contribution in [3.63, 3.8) is 0 Å². The number of aliphatic hydroxyl groups is 1. The number of aryl methyl sites for hydroxylation is 1. The lowest BCUT2D eigenvalue weighted by atomic mass is 10.0. The molecule has 1 aromatic heterocycles. The molecule has 0 saturated heterocycles. The Kier molecular flexibility index (Phi) is 6.69. The Balaban J connectivity index is 0.00000208. The second-order valence-electron chi connectivity index (χ2n) is 5.85. The number of aliphatic hydroxyl groups excluding tert-OH is 1. The lowest BCUT2D eigenvalue weighted by molar-refractivity contribution is 0.267. The third kappa shape index (κ3) is 3.94. The molecular weight excluding hydrogens is 349 g/mol. The van der Waals surface area contributed by atoms with Crippen LogP contribution in [0.4, 0.5) is 4.39 Å². The molecule has 0 aliphatic carbocycles. The molecule has 2 heterocycles. The van der Waals surface area contributed by atoms with E-state index in [9.17, 15) is 4.39 Å². The fourth-order valence-electron chi connectivity index (χ4n) is 3.10. The molecule has 0 fully saturated rings. The van der Waals surface area contributed by atoms with E-state index in [0.29, 0.717) is 13.1 Å². The molecule has 1 aliphatic rings. The van der Waals surface area contributed by atoms with Gasteiger partial charge in [-0.1, -0.05) is 0 Å². The van der Waals surface area contributed by atoms with Crippen LogP contribution in [0.15, 0.2) is 23.1 Å². The van der Waals surface area contributed by atoms with Crippen molar-refractivity contribution in [1.82, 2.24) is 15.1 Å². The van der Waals surface area contributed by atoms with Crippen molar-refractivity contribution in [2.24, 2.45) is 0 Å². The van der Waals surface area contributed by atoms with Crippen molar-refractivity contribution in [3.05, 3.63) is 46.5 Å². The molecule has 0 amide bonds. The molecule has 0 radical (unpaired) electrons. The lowest BCUT2D eigenvalue weighted by Crippen LogP contribution is -2.25. The first-order chi connectivity index (χ1) is 11.1. The predicted molar refractivity (Wildman–Crippen MR) is 97.4 cm³/mol. The van der Waals surface area contributed by atoms with Gasteiger partial charge < -0.3 is 10.4 Å². The van der Waals surface area contributed by atoms with E-state index in [2.05, 4.69) is 10.4 Å². The van der Waals surface area contributed by atoms with Gasteiger partial charge in [0, 0.05) is 28.7 Å². The predicted octanol–water partition coefficient (Wildman–Crippen LogP) is 3.38. The standard InChI is InChI=1S/C17H22FN3OS.ClH/c1-11-15(12(2)21(20-11)6-7-22)10-19-16-5-8-23-17-4-3-13(18)9-14(16)17;/h3-4,9,16,19,22H,5-8,10H2,1-2H3;1H. The maximum Gasteiger partial charge on any atom is 0.123 e. The van der Waals surface area contributed by atoms with E-state index >= 15 is 0 Å². The Bertz CT molecular complexity index is 707. The van der Waals surface area contributed by atoms with Gasteiger partial charge in [-0.15, -0.1) is 24.2 Å². The van der Waals surface area contributed by atoms with Gasteiger partial charge in [-0.3, -0.25) is 4.68 Å². The molecule has 0 bridgehead atoms.